The van der Waals surface area contributed by atoms with Gasteiger partial charge < -0.3 is 9.84 Å². The number of aromatic hydroxyl groups is 1. The average Bonchev–Trinajstić information content (AvgIpc) is 2.65. The number of ether oxygens (including phenoxy) is 1. The van der Waals surface area contributed by atoms with Crippen molar-refractivity contribution < 1.29 is 27.8 Å². The van der Waals surface area contributed by atoms with Crippen molar-refractivity contribution >= 4 is 39.6 Å². The van der Waals surface area contributed by atoms with Crippen molar-refractivity contribution in [2.45, 2.75) is 19.6 Å². The molecule has 6 nitrogen and oxygen atoms in total. The van der Waals surface area contributed by atoms with Crippen LogP contribution in [0.2, 0.25) is 0 Å². The summed E-state index contributed by atoms with van der Waals surface area (Å²) in [6.07, 6.45) is -3.01. The van der Waals surface area contributed by atoms with E-state index in [0.29, 0.717) is 9.13 Å². The van der Waals surface area contributed by atoms with Crippen LogP contribution in [0.4, 0.5) is 13.2 Å². The van der Waals surface area contributed by atoms with Gasteiger partial charge in [0.2, 0.25) is 0 Å². The molecule has 0 radical (unpaired) electrons. The smallest absolute Gasteiger partial charge is 0.416 e. The maximum absolute atomic E-state index is 12.9. The van der Waals surface area contributed by atoms with Gasteiger partial charge in [0, 0.05) is 9.77 Å². The van der Waals surface area contributed by atoms with Crippen molar-refractivity contribution in [2.24, 2.45) is 0 Å². The zero-order valence-electron chi connectivity index (χ0n) is 15.0. The monoisotopic (exact) mass is 518 g/mol. The Labute approximate surface area is 176 Å². The van der Waals surface area contributed by atoms with Gasteiger partial charge in [-0.05, 0) is 53.3 Å². The fourth-order valence-corrected chi connectivity index (χ4v) is 3.25. The molecule has 3 aromatic rings. The summed E-state index contributed by atoms with van der Waals surface area (Å²) in [6.45, 7) is 1.41. The maximum Gasteiger partial charge on any atom is 0.416 e. The first-order valence-electron chi connectivity index (χ1n) is 8.37. The maximum atomic E-state index is 12.9. The van der Waals surface area contributed by atoms with Crippen LogP contribution < -0.4 is 5.56 Å². The van der Waals surface area contributed by atoms with E-state index < -0.39 is 34.6 Å². The zero-order valence-corrected chi connectivity index (χ0v) is 17.1. The highest BCUT2D eigenvalue weighted by molar-refractivity contribution is 14.1. The molecule has 1 aromatic carbocycles. The van der Waals surface area contributed by atoms with Gasteiger partial charge in [0.25, 0.3) is 5.56 Å². The Morgan fingerprint density at radius 2 is 1.93 bits per heavy atom. The minimum Gasteiger partial charge on any atom is -0.506 e. The fourth-order valence-electron chi connectivity index (χ4n) is 2.80. The molecule has 0 spiro atoms. The number of rotatable bonds is 4. The molecule has 2 aromatic heterocycles. The molecular weight excluding hydrogens is 504 g/mol. The van der Waals surface area contributed by atoms with Crippen LogP contribution in [0, 0.1) is 3.57 Å². The third kappa shape index (κ3) is 4.21. The quantitative estimate of drug-likeness (QED) is 0.418. The molecule has 0 saturated heterocycles. The van der Waals surface area contributed by atoms with Gasteiger partial charge >= 0.3 is 12.1 Å². The molecule has 10 heteroatoms. The van der Waals surface area contributed by atoms with Gasteiger partial charge in [-0.2, -0.15) is 13.2 Å². The third-order valence-electron chi connectivity index (χ3n) is 4.14. The molecule has 0 unspecified atom stereocenters. The van der Waals surface area contributed by atoms with Crippen molar-refractivity contribution in [1.29, 1.82) is 0 Å². The standard InChI is InChI=1S/C19H14F3IN2O4/c1-2-29-18(28)14-15(26)13-7-12(23)8-24-16(13)25(17(14)27)9-10-3-5-11(6-4-10)19(20,21)22/h3-8,26H,2,9H2,1H3. The first-order chi connectivity index (χ1) is 13.6. The Morgan fingerprint density at radius 1 is 1.28 bits per heavy atom. The van der Waals surface area contributed by atoms with Crippen LogP contribution in [0.5, 0.6) is 5.75 Å². The predicted octanol–water partition coefficient (Wildman–Crippen LogP) is 3.95. The summed E-state index contributed by atoms with van der Waals surface area (Å²) in [4.78, 5) is 29.3. The number of benzene rings is 1. The SMILES string of the molecule is CCOC(=O)c1c(O)c2cc(I)cnc2n(Cc2ccc(C(F)(F)F)cc2)c1=O. The second kappa shape index (κ2) is 8.01. The van der Waals surface area contributed by atoms with Gasteiger partial charge in [-0.3, -0.25) is 9.36 Å². The molecule has 1 N–H and O–H groups in total. The topological polar surface area (TPSA) is 81.4 Å². The molecule has 152 valence electrons. The van der Waals surface area contributed by atoms with Crippen LogP contribution in [0.25, 0.3) is 11.0 Å². The summed E-state index contributed by atoms with van der Waals surface area (Å²) >= 11 is 1.96. The first kappa shape index (κ1) is 21.1. The minimum absolute atomic E-state index is 0.000765. The van der Waals surface area contributed by atoms with E-state index in [1.807, 2.05) is 22.6 Å². The summed E-state index contributed by atoms with van der Waals surface area (Å²) in [6, 6.07) is 5.84. The Morgan fingerprint density at radius 3 is 2.52 bits per heavy atom. The van der Waals surface area contributed by atoms with Crippen LogP contribution >= 0.6 is 22.6 Å². The first-order valence-corrected chi connectivity index (χ1v) is 9.45. The van der Waals surface area contributed by atoms with Crippen molar-refractivity contribution in [3.05, 3.63) is 67.1 Å². The molecule has 0 aliphatic rings. The molecule has 0 bridgehead atoms. The van der Waals surface area contributed by atoms with E-state index in [2.05, 4.69) is 4.98 Å². The molecule has 0 aliphatic heterocycles. The van der Waals surface area contributed by atoms with Crippen molar-refractivity contribution in [3.63, 3.8) is 0 Å². The number of pyridine rings is 2. The lowest BCUT2D eigenvalue weighted by Gasteiger charge is -2.14. The Balaban J connectivity index is 2.18. The fraction of sp³-hybridized carbons (Fsp3) is 0.211. The molecular formula is C19H14F3IN2O4. The summed E-state index contributed by atoms with van der Waals surface area (Å²) in [7, 11) is 0. The lowest BCUT2D eigenvalue weighted by atomic mass is 10.1. The van der Waals surface area contributed by atoms with Crippen molar-refractivity contribution in [3.8, 4) is 5.75 Å². The van der Waals surface area contributed by atoms with Crippen LogP contribution in [0.3, 0.4) is 0 Å². The van der Waals surface area contributed by atoms with E-state index in [1.165, 1.54) is 18.3 Å². The molecule has 3 rings (SSSR count). The minimum atomic E-state index is -4.48. The van der Waals surface area contributed by atoms with E-state index in [4.69, 9.17) is 4.74 Å². The van der Waals surface area contributed by atoms with Crippen LogP contribution in [-0.2, 0) is 17.5 Å². The summed E-state index contributed by atoms with van der Waals surface area (Å²) in [5.74, 6) is -1.53. The van der Waals surface area contributed by atoms with Gasteiger partial charge in [-0.15, -0.1) is 0 Å². The lowest BCUT2D eigenvalue weighted by Crippen LogP contribution is -2.29. The second-order valence-corrected chi connectivity index (χ2v) is 7.30. The van der Waals surface area contributed by atoms with E-state index in [1.54, 1.807) is 13.0 Å². The highest BCUT2D eigenvalue weighted by atomic mass is 127. The van der Waals surface area contributed by atoms with Crippen molar-refractivity contribution in [1.82, 2.24) is 9.55 Å². The number of halogens is 4. The Kier molecular flexibility index (Phi) is 5.82. The molecule has 0 aliphatic carbocycles. The highest BCUT2D eigenvalue weighted by Crippen LogP contribution is 2.30. The number of carbonyl (C=O) groups excluding carboxylic acids is 1. The second-order valence-electron chi connectivity index (χ2n) is 6.05. The molecule has 0 saturated carbocycles. The number of hydrogen-bond donors (Lipinski definition) is 1. The van der Waals surface area contributed by atoms with E-state index in [9.17, 15) is 27.9 Å². The van der Waals surface area contributed by atoms with Crippen LogP contribution in [0.15, 0.2) is 41.3 Å². The molecule has 2 heterocycles. The Hall–Kier alpha value is -2.63. The zero-order chi connectivity index (χ0) is 21.3. The number of esters is 1. The normalized spacial score (nSPS) is 11.6. The average molecular weight is 518 g/mol. The summed E-state index contributed by atoms with van der Waals surface area (Å²) < 4.78 is 45.0. The lowest BCUT2D eigenvalue weighted by molar-refractivity contribution is -0.137. The number of alkyl halides is 3. The van der Waals surface area contributed by atoms with E-state index in [0.717, 1.165) is 16.7 Å². The number of carbonyl (C=O) groups is 1. The van der Waals surface area contributed by atoms with E-state index >= 15 is 0 Å². The molecule has 0 fully saturated rings. The van der Waals surface area contributed by atoms with Gasteiger partial charge in [0.15, 0.2) is 5.56 Å². The third-order valence-corrected chi connectivity index (χ3v) is 4.73. The van der Waals surface area contributed by atoms with Crippen molar-refractivity contribution in [2.75, 3.05) is 6.61 Å². The largest absolute Gasteiger partial charge is 0.506 e. The van der Waals surface area contributed by atoms with E-state index in [-0.39, 0.29) is 24.2 Å². The predicted molar refractivity (Wildman–Crippen MR) is 107 cm³/mol. The summed E-state index contributed by atoms with van der Waals surface area (Å²) in [5.41, 5.74) is -1.72. The Bertz CT molecular complexity index is 1140. The van der Waals surface area contributed by atoms with Gasteiger partial charge in [0.05, 0.1) is 24.1 Å². The van der Waals surface area contributed by atoms with Gasteiger partial charge in [-0.1, -0.05) is 12.1 Å². The van der Waals surface area contributed by atoms with Crippen LogP contribution in [0.1, 0.15) is 28.4 Å². The number of nitrogens with zero attached hydrogens (tertiary/aromatic N) is 2. The summed E-state index contributed by atoms with van der Waals surface area (Å²) in [5, 5.41) is 10.6. The van der Waals surface area contributed by atoms with Gasteiger partial charge in [0.1, 0.15) is 11.4 Å². The number of aromatic nitrogens is 2. The number of fused-ring (bicyclic) bond motifs is 1. The number of hydrogen-bond acceptors (Lipinski definition) is 5. The molecule has 29 heavy (non-hydrogen) atoms. The molecule has 0 atom stereocenters. The molecule has 0 amide bonds. The van der Waals surface area contributed by atoms with Gasteiger partial charge in [-0.25, -0.2) is 9.78 Å². The highest BCUT2D eigenvalue weighted by Gasteiger charge is 2.30. The van der Waals surface area contributed by atoms with Crippen LogP contribution in [-0.4, -0.2) is 27.2 Å².